The van der Waals surface area contributed by atoms with Gasteiger partial charge < -0.3 is 0 Å². The molecule has 14 heavy (non-hydrogen) atoms. The number of nitrogens with zero attached hydrogens (tertiary/aromatic N) is 4. The molecule has 2 unspecified atom stereocenters. The maximum atomic E-state index is 6.73. The Morgan fingerprint density at radius 3 is 2.21 bits per heavy atom. The van der Waals surface area contributed by atoms with Crippen LogP contribution in [0.1, 0.15) is 26.7 Å². The molecule has 0 heterocycles. The predicted octanol–water partition coefficient (Wildman–Crippen LogP) is 2.66. The lowest BCUT2D eigenvalue weighted by Crippen LogP contribution is -2.18. The monoisotopic (exact) mass is 196 g/mol. The maximum absolute atomic E-state index is 6.73. The van der Waals surface area contributed by atoms with Crippen molar-refractivity contribution >= 4 is 12.7 Å². The lowest BCUT2D eigenvalue weighted by molar-refractivity contribution is 0.495. The van der Waals surface area contributed by atoms with Crippen LogP contribution in [0, 0.1) is 10.8 Å². The normalized spacial score (nSPS) is 15.9. The molecule has 2 N–H and O–H groups in total. The molecule has 0 spiro atoms. The summed E-state index contributed by atoms with van der Waals surface area (Å²) in [5.74, 6) is 0. The number of hydrogen-bond acceptors (Lipinski definition) is 4. The van der Waals surface area contributed by atoms with Crippen molar-refractivity contribution in [3.63, 3.8) is 0 Å². The molecule has 0 radical (unpaired) electrons. The van der Waals surface area contributed by atoms with Gasteiger partial charge in [0.15, 0.2) is 0 Å². The van der Waals surface area contributed by atoms with Crippen molar-refractivity contribution in [2.45, 2.75) is 38.8 Å². The topological polar surface area (TPSA) is 97.1 Å². The molecule has 6 nitrogen and oxygen atoms in total. The highest BCUT2D eigenvalue weighted by Gasteiger charge is 2.14. The summed E-state index contributed by atoms with van der Waals surface area (Å²) in [7, 11) is 0. The minimum absolute atomic E-state index is 0.0506. The van der Waals surface area contributed by atoms with E-state index < -0.39 is 0 Å². The summed E-state index contributed by atoms with van der Waals surface area (Å²) in [6.07, 6.45) is 3.64. The van der Waals surface area contributed by atoms with Gasteiger partial charge >= 0.3 is 0 Å². The van der Waals surface area contributed by atoms with E-state index in [1.54, 1.807) is 0 Å². The van der Waals surface area contributed by atoms with Gasteiger partial charge in [-0.15, -0.1) is 10.2 Å². The van der Waals surface area contributed by atoms with Gasteiger partial charge in [-0.2, -0.15) is 10.2 Å². The molecule has 0 rings (SSSR count). The number of nitrogens with one attached hydrogen (secondary N) is 2. The third-order valence-electron chi connectivity index (χ3n) is 1.72. The van der Waals surface area contributed by atoms with Crippen molar-refractivity contribution < 1.29 is 0 Å². The zero-order chi connectivity index (χ0) is 10.8. The third-order valence-corrected chi connectivity index (χ3v) is 1.72. The Morgan fingerprint density at radius 2 is 1.71 bits per heavy atom. The van der Waals surface area contributed by atoms with E-state index in [4.69, 9.17) is 10.8 Å². The smallest absolute Gasteiger partial charge is 0.129 e. The molecule has 2 atom stereocenters. The van der Waals surface area contributed by atoms with Crippen LogP contribution in [-0.4, -0.2) is 24.8 Å². The van der Waals surface area contributed by atoms with Gasteiger partial charge in [0.05, 0.1) is 12.1 Å². The van der Waals surface area contributed by atoms with Gasteiger partial charge in [0.25, 0.3) is 0 Å². The molecule has 0 aliphatic rings. The second-order valence-electron chi connectivity index (χ2n) is 2.82. The summed E-state index contributed by atoms with van der Waals surface area (Å²) in [6.45, 7) is 3.92. The first-order valence-electron chi connectivity index (χ1n) is 4.54. The Labute approximate surface area is 83.6 Å². The summed E-state index contributed by atoms with van der Waals surface area (Å²) in [6, 6.07) is -0.148. The van der Waals surface area contributed by atoms with Crippen molar-refractivity contribution in [1.29, 1.82) is 10.8 Å². The number of hydrogen-bond donors (Lipinski definition) is 2. The van der Waals surface area contributed by atoms with Crippen LogP contribution < -0.4 is 0 Å². The van der Waals surface area contributed by atoms with E-state index in [1.807, 2.05) is 13.8 Å². The highest BCUT2D eigenvalue weighted by molar-refractivity contribution is 5.49. The second kappa shape index (κ2) is 8.15. The van der Waals surface area contributed by atoms with E-state index in [2.05, 4.69) is 20.5 Å². The van der Waals surface area contributed by atoms with Crippen molar-refractivity contribution in [2.75, 3.05) is 0 Å². The lowest BCUT2D eigenvalue weighted by atomic mass is 10.1. The van der Waals surface area contributed by atoms with Crippen LogP contribution in [0.2, 0.25) is 0 Å². The fourth-order valence-corrected chi connectivity index (χ4v) is 1.03. The Morgan fingerprint density at radius 1 is 1.14 bits per heavy atom. The fourth-order valence-electron chi connectivity index (χ4n) is 1.03. The third kappa shape index (κ3) is 5.23. The Kier molecular flexibility index (Phi) is 7.30. The summed E-state index contributed by atoms with van der Waals surface area (Å²) in [4.78, 5) is 0. The van der Waals surface area contributed by atoms with Crippen LogP contribution >= 0.6 is 0 Å². The molecule has 0 aromatic rings. The SMILES string of the molecule is CCCC(N=NC=N)C(C)N=NC=N. The zero-order valence-electron chi connectivity index (χ0n) is 8.51. The van der Waals surface area contributed by atoms with Gasteiger partial charge in [-0.3, -0.25) is 10.8 Å². The molecule has 0 aliphatic heterocycles. The predicted molar refractivity (Wildman–Crippen MR) is 55.4 cm³/mol. The van der Waals surface area contributed by atoms with Crippen LogP contribution in [0.4, 0.5) is 0 Å². The Hall–Kier alpha value is -1.46. The summed E-state index contributed by atoms with van der Waals surface area (Å²) < 4.78 is 0. The first kappa shape index (κ1) is 12.5. The number of azo groups is 2. The van der Waals surface area contributed by atoms with E-state index in [0.717, 1.165) is 25.5 Å². The molecule has 0 bridgehead atoms. The molecule has 0 saturated heterocycles. The summed E-state index contributed by atoms with van der Waals surface area (Å²) in [5, 5.41) is 28.3. The van der Waals surface area contributed by atoms with Crippen molar-refractivity contribution in [2.24, 2.45) is 20.5 Å². The van der Waals surface area contributed by atoms with Gasteiger partial charge in [-0.05, 0) is 13.3 Å². The van der Waals surface area contributed by atoms with Crippen molar-refractivity contribution in [1.82, 2.24) is 0 Å². The first-order chi connectivity index (χ1) is 6.76. The summed E-state index contributed by atoms with van der Waals surface area (Å²) in [5.41, 5.74) is 0. The summed E-state index contributed by atoms with van der Waals surface area (Å²) >= 11 is 0. The molecule has 78 valence electrons. The highest BCUT2D eigenvalue weighted by atomic mass is 15.2. The van der Waals surface area contributed by atoms with Crippen LogP contribution in [0.3, 0.4) is 0 Å². The molecular formula is C8H16N6. The molecule has 0 aromatic heterocycles. The standard InChI is InChI=1S/C8H16N6/c1-3-4-8(14-12-6-10)7(2)13-11-5-9/h5-10H,3-4H2,1-2H3. The van der Waals surface area contributed by atoms with E-state index in [-0.39, 0.29) is 12.1 Å². The molecular weight excluding hydrogens is 180 g/mol. The Balaban J connectivity index is 4.30. The van der Waals surface area contributed by atoms with E-state index in [0.29, 0.717) is 0 Å². The minimum atomic E-state index is -0.0970. The van der Waals surface area contributed by atoms with Gasteiger partial charge in [0.1, 0.15) is 12.7 Å². The molecule has 0 aromatic carbocycles. The van der Waals surface area contributed by atoms with Gasteiger partial charge in [0.2, 0.25) is 0 Å². The van der Waals surface area contributed by atoms with Crippen LogP contribution in [-0.2, 0) is 0 Å². The van der Waals surface area contributed by atoms with Crippen LogP contribution in [0.15, 0.2) is 20.5 Å². The average Bonchev–Trinajstić information content (AvgIpc) is 2.20. The first-order valence-corrected chi connectivity index (χ1v) is 4.54. The molecule has 0 aliphatic carbocycles. The second-order valence-corrected chi connectivity index (χ2v) is 2.82. The van der Waals surface area contributed by atoms with Crippen LogP contribution in [0.5, 0.6) is 0 Å². The average molecular weight is 196 g/mol. The number of rotatable bonds is 7. The zero-order valence-corrected chi connectivity index (χ0v) is 8.51. The minimum Gasteiger partial charge on any atom is -0.288 e. The lowest BCUT2D eigenvalue weighted by Gasteiger charge is -2.12. The maximum Gasteiger partial charge on any atom is 0.129 e. The van der Waals surface area contributed by atoms with Crippen molar-refractivity contribution in [3.05, 3.63) is 0 Å². The van der Waals surface area contributed by atoms with Gasteiger partial charge in [-0.25, -0.2) is 0 Å². The molecule has 0 saturated carbocycles. The quantitative estimate of drug-likeness (QED) is 0.355. The van der Waals surface area contributed by atoms with Gasteiger partial charge in [0, 0.05) is 0 Å². The van der Waals surface area contributed by atoms with E-state index in [9.17, 15) is 0 Å². The van der Waals surface area contributed by atoms with Crippen LogP contribution in [0.25, 0.3) is 0 Å². The van der Waals surface area contributed by atoms with E-state index in [1.165, 1.54) is 0 Å². The molecule has 0 amide bonds. The molecule has 6 heteroatoms. The fraction of sp³-hybridized carbons (Fsp3) is 0.750. The van der Waals surface area contributed by atoms with Crippen molar-refractivity contribution in [3.8, 4) is 0 Å². The van der Waals surface area contributed by atoms with Gasteiger partial charge in [-0.1, -0.05) is 13.3 Å². The van der Waals surface area contributed by atoms with E-state index >= 15 is 0 Å². The largest absolute Gasteiger partial charge is 0.288 e. The highest BCUT2D eigenvalue weighted by Crippen LogP contribution is 2.10. The Bertz CT molecular complexity index is 222. The molecule has 0 fully saturated rings.